The number of halogens is 2. The van der Waals surface area contributed by atoms with Gasteiger partial charge in [-0.05, 0) is 24.3 Å². The molecular formula is C14H11Cl2NO3. The molecule has 0 bridgehead atoms. The first-order valence-electron chi connectivity index (χ1n) is 5.75. The molecule has 1 aromatic carbocycles. The smallest absolute Gasteiger partial charge is 0.343 e. The van der Waals surface area contributed by atoms with Crippen molar-refractivity contribution in [3.8, 4) is 0 Å². The Balaban J connectivity index is 2.45. The number of benzene rings is 1. The molecule has 20 heavy (non-hydrogen) atoms. The van der Waals surface area contributed by atoms with Crippen LogP contribution in [0.25, 0.3) is 0 Å². The third-order valence-corrected chi connectivity index (χ3v) is 3.52. The highest BCUT2D eigenvalue weighted by molar-refractivity contribution is 6.35. The van der Waals surface area contributed by atoms with E-state index in [0.29, 0.717) is 15.6 Å². The second kappa shape index (κ2) is 6.11. The van der Waals surface area contributed by atoms with E-state index in [0.717, 1.165) is 0 Å². The number of carbonyl (C=O) groups is 1. The maximum atomic E-state index is 12.2. The lowest BCUT2D eigenvalue weighted by Gasteiger charge is -2.10. The van der Waals surface area contributed by atoms with Gasteiger partial charge in [0.1, 0.15) is 5.56 Å². The van der Waals surface area contributed by atoms with Crippen LogP contribution in [-0.4, -0.2) is 17.6 Å². The Kier molecular flexibility index (Phi) is 4.47. The molecule has 0 saturated carbocycles. The van der Waals surface area contributed by atoms with Gasteiger partial charge in [0.05, 0.1) is 13.7 Å². The van der Waals surface area contributed by atoms with Gasteiger partial charge < -0.3 is 9.30 Å². The molecule has 0 amide bonds. The van der Waals surface area contributed by atoms with Crippen LogP contribution in [0.4, 0.5) is 0 Å². The van der Waals surface area contributed by atoms with E-state index in [-0.39, 0.29) is 12.1 Å². The van der Waals surface area contributed by atoms with Crippen molar-refractivity contribution in [3.63, 3.8) is 0 Å². The lowest BCUT2D eigenvalue weighted by Crippen LogP contribution is -2.26. The average Bonchev–Trinajstić information content (AvgIpc) is 2.44. The van der Waals surface area contributed by atoms with E-state index in [9.17, 15) is 9.59 Å². The summed E-state index contributed by atoms with van der Waals surface area (Å²) in [5, 5.41) is 0.931. The van der Waals surface area contributed by atoms with Gasteiger partial charge >= 0.3 is 5.97 Å². The molecule has 0 spiro atoms. The van der Waals surface area contributed by atoms with E-state index in [1.54, 1.807) is 30.5 Å². The van der Waals surface area contributed by atoms with Crippen molar-refractivity contribution in [3.05, 3.63) is 68.1 Å². The highest BCUT2D eigenvalue weighted by Gasteiger charge is 2.13. The third-order valence-electron chi connectivity index (χ3n) is 2.82. The second-order valence-electron chi connectivity index (χ2n) is 4.05. The fourth-order valence-corrected chi connectivity index (χ4v) is 2.30. The van der Waals surface area contributed by atoms with E-state index in [1.165, 1.54) is 17.7 Å². The zero-order valence-corrected chi connectivity index (χ0v) is 12.1. The van der Waals surface area contributed by atoms with Crippen LogP contribution in [0.15, 0.2) is 41.3 Å². The fourth-order valence-electron chi connectivity index (χ4n) is 1.78. The highest BCUT2D eigenvalue weighted by atomic mass is 35.5. The largest absolute Gasteiger partial charge is 0.465 e. The Morgan fingerprint density at radius 2 is 1.85 bits per heavy atom. The van der Waals surface area contributed by atoms with Crippen LogP contribution in [-0.2, 0) is 11.3 Å². The summed E-state index contributed by atoms with van der Waals surface area (Å²) in [6.07, 6.45) is 1.56. The Morgan fingerprint density at radius 3 is 2.45 bits per heavy atom. The molecule has 0 N–H and O–H groups in total. The van der Waals surface area contributed by atoms with Crippen molar-refractivity contribution in [1.29, 1.82) is 0 Å². The Labute approximate surface area is 125 Å². The molecule has 0 aliphatic carbocycles. The number of esters is 1. The van der Waals surface area contributed by atoms with E-state index in [1.807, 2.05) is 0 Å². The molecule has 4 nitrogen and oxygen atoms in total. The summed E-state index contributed by atoms with van der Waals surface area (Å²) in [7, 11) is 1.23. The molecule has 1 heterocycles. The molecule has 1 aromatic heterocycles. The zero-order chi connectivity index (χ0) is 14.7. The molecule has 2 rings (SSSR count). The van der Waals surface area contributed by atoms with E-state index < -0.39 is 11.5 Å². The van der Waals surface area contributed by atoms with Crippen molar-refractivity contribution in [2.75, 3.05) is 7.11 Å². The predicted octanol–water partition coefficient (Wildman–Crippen LogP) is 2.99. The normalized spacial score (nSPS) is 10.3. The van der Waals surface area contributed by atoms with Crippen LogP contribution in [0.2, 0.25) is 10.0 Å². The topological polar surface area (TPSA) is 48.3 Å². The van der Waals surface area contributed by atoms with Gasteiger partial charge in [-0.3, -0.25) is 4.79 Å². The first-order valence-corrected chi connectivity index (χ1v) is 6.51. The highest BCUT2D eigenvalue weighted by Crippen LogP contribution is 2.24. The monoisotopic (exact) mass is 311 g/mol. The number of hydrogen-bond acceptors (Lipinski definition) is 3. The summed E-state index contributed by atoms with van der Waals surface area (Å²) in [6.45, 7) is 0.183. The molecule has 0 aliphatic heterocycles. The minimum Gasteiger partial charge on any atom is -0.465 e. The molecular weight excluding hydrogens is 301 g/mol. The molecule has 0 aliphatic rings. The number of rotatable bonds is 3. The maximum absolute atomic E-state index is 12.2. The lowest BCUT2D eigenvalue weighted by molar-refractivity contribution is 0.0598. The van der Waals surface area contributed by atoms with Gasteiger partial charge in [-0.15, -0.1) is 0 Å². The van der Waals surface area contributed by atoms with E-state index in [2.05, 4.69) is 4.74 Å². The number of pyridine rings is 1. The van der Waals surface area contributed by atoms with Crippen LogP contribution < -0.4 is 5.56 Å². The Morgan fingerprint density at radius 1 is 1.20 bits per heavy atom. The summed E-state index contributed by atoms with van der Waals surface area (Å²) in [4.78, 5) is 23.7. The molecule has 2 aromatic rings. The SMILES string of the molecule is COC(=O)c1cccn(Cc2c(Cl)cccc2Cl)c1=O. The van der Waals surface area contributed by atoms with Crippen molar-refractivity contribution in [1.82, 2.24) is 4.57 Å². The molecule has 104 valence electrons. The Hall–Kier alpha value is -1.78. The third kappa shape index (κ3) is 2.86. The molecule has 0 unspecified atom stereocenters. The number of hydrogen-bond donors (Lipinski definition) is 0. The van der Waals surface area contributed by atoms with E-state index >= 15 is 0 Å². The predicted molar refractivity (Wildman–Crippen MR) is 77.6 cm³/mol. The van der Waals surface area contributed by atoms with Gasteiger partial charge in [0.15, 0.2) is 0 Å². The van der Waals surface area contributed by atoms with Gasteiger partial charge in [-0.1, -0.05) is 29.3 Å². The summed E-state index contributed by atoms with van der Waals surface area (Å²) in [5.41, 5.74) is 0.147. The van der Waals surface area contributed by atoms with Crippen LogP contribution in [0.1, 0.15) is 15.9 Å². The fraction of sp³-hybridized carbons (Fsp3) is 0.143. The number of ether oxygens (including phenoxy) is 1. The minimum absolute atomic E-state index is 0.0295. The second-order valence-corrected chi connectivity index (χ2v) is 4.86. The molecule has 6 heteroatoms. The average molecular weight is 312 g/mol. The van der Waals surface area contributed by atoms with Gasteiger partial charge in [-0.25, -0.2) is 4.79 Å². The maximum Gasteiger partial charge on any atom is 0.343 e. The summed E-state index contributed by atoms with van der Waals surface area (Å²) >= 11 is 12.1. The van der Waals surface area contributed by atoms with Gasteiger partial charge in [0.25, 0.3) is 5.56 Å². The molecule has 0 saturated heterocycles. The number of carbonyl (C=O) groups excluding carboxylic acids is 1. The van der Waals surface area contributed by atoms with Crippen molar-refractivity contribution in [2.45, 2.75) is 6.54 Å². The van der Waals surface area contributed by atoms with Crippen molar-refractivity contribution >= 4 is 29.2 Å². The summed E-state index contributed by atoms with van der Waals surface area (Å²) < 4.78 is 5.93. The molecule has 0 radical (unpaired) electrons. The number of aromatic nitrogens is 1. The van der Waals surface area contributed by atoms with Crippen LogP contribution in [0.5, 0.6) is 0 Å². The van der Waals surface area contributed by atoms with Gasteiger partial charge in [0.2, 0.25) is 0 Å². The first-order chi connectivity index (χ1) is 9.54. The summed E-state index contributed by atoms with van der Waals surface area (Å²) in [6, 6.07) is 8.12. The first kappa shape index (κ1) is 14.6. The minimum atomic E-state index is -0.672. The quantitative estimate of drug-likeness (QED) is 0.819. The molecule has 0 fully saturated rings. The standard InChI is InChI=1S/C14H11Cl2NO3/c1-20-14(19)9-4-3-7-17(13(9)18)8-10-11(15)5-2-6-12(10)16/h2-7H,8H2,1H3. The van der Waals surface area contributed by atoms with Gasteiger partial charge in [0, 0.05) is 21.8 Å². The lowest BCUT2D eigenvalue weighted by atomic mass is 10.2. The molecule has 0 atom stereocenters. The van der Waals surface area contributed by atoms with E-state index in [4.69, 9.17) is 23.2 Å². The van der Waals surface area contributed by atoms with Crippen LogP contribution >= 0.6 is 23.2 Å². The number of methoxy groups -OCH3 is 1. The Bertz CT molecular complexity index is 690. The van der Waals surface area contributed by atoms with Crippen LogP contribution in [0.3, 0.4) is 0 Å². The zero-order valence-electron chi connectivity index (χ0n) is 10.6. The number of nitrogens with zero attached hydrogens (tertiary/aromatic N) is 1. The van der Waals surface area contributed by atoms with Gasteiger partial charge in [-0.2, -0.15) is 0 Å². The summed E-state index contributed by atoms with van der Waals surface area (Å²) in [5.74, 6) is -0.672. The van der Waals surface area contributed by atoms with Crippen molar-refractivity contribution < 1.29 is 9.53 Å². The van der Waals surface area contributed by atoms with Crippen LogP contribution in [0, 0.1) is 0 Å². The van der Waals surface area contributed by atoms with Crippen molar-refractivity contribution in [2.24, 2.45) is 0 Å².